The Morgan fingerprint density at radius 2 is 1.43 bits per heavy atom. The number of thiophene rings is 1. The smallest absolute Gasteiger partial charge is 0.175 e. The first-order chi connectivity index (χ1) is 9.22. The largest absolute Gasteiger partial charge is 0.409 e. The van der Waals surface area contributed by atoms with Gasteiger partial charge in [-0.15, -0.1) is 11.3 Å². The summed E-state index contributed by atoms with van der Waals surface area (Å²) in [6, 6.07) is 4.37. The molecular weight excluding hydrogens is 392 g/mol. The van der Waals surface area contributed by atoms with E-state index in [0.717, 1.165) is 0 Å². The minimum atomic E-state index is -1.53. The standard InChI is InChI=1S/C14H29BrN2SSi3/c1-19(2,3)16-14(12-10-11-13(15)18-12)17(20(4,5)6)21(7,8)9/h10-11H,1-9H3/b16-14+. The van der Waals surface area contributed by atoms with Crippen molar-refractivity contribution >= 4 is 57.8 Å². The lowest BCUT2D eigenvalue weighted by Crippen LogP contribution is -2.62. The second kappa shape index (κ2) is 6.43. The number of hydrogen-bond donors (Lipinski definition) is 0. The fourth-order valence-electron chi connectivity index (χ4n) is 2.61. The molecule has 0 aromatic carbocycles. The molecule has 1 aromatic heterocycles. The SMILES string of the molecule is C[Si](C)(C)/N=C(\c1ccc(Br)s1)N([Si](C)(C)C)[Si](C)(C)C. The van der Waals surface area contributed by atoms with E-state index in [4.69, 9.17) is 4.66 Å². The van der Waals surface area contributed by atoms with Crippen LogP contribution in [0, 0.1) is 0 Å². The second-order valence-electron chi connectivity index (χ2n) is 8.39. The molecule has 1 rings (SSSR count). The van der Waals surface area contributed by atoms with Gasteiger partial charge in [0.15, 0.2) is 8.24 Å². The molecule has 21 heavy (non-hydrogen) atoms. The molecule has 0 aliphatic heterocycles. The monoisotopic (exact) mass is 420 g/mol. The van der Waals surface area contributed by atoms with Crippen LogP contribution in [0.4, 0.5) is 0 Å². The van der Waals surface area contributed by atoms with Gasteiger partial charge in [-0.25, -0.2) is 0 Å². The van der Waals surface area contributed by atoms with E-state index in [0.29, 0.717) is 0 Å². The van der Waals surface area contributed by atoms with Crippen molar-refractivity contribution in [3.63, 3.8) is 0 Å². The minimum Gasteiger partial charge on any atom is -0.409 e. The van der Waals surface area contributed by atoms with Gasteiger partial charge in [0.1, 0.15) is 22.3 Å². The predicted molar refractivity (Wildman–Crippen MR) is 110 cm³/mol. The Hall–Kier alpha value is 0.301. The summed E-state index contributed by atoms with van der Waals surface area (Å²) in [5.74, 6) is 1.27. The summed E-state index contributed by atoms with van der Waals surface area (Å²) >= 11 is 5.42. The van der Waals surface area contributed by atoms with Crippen molar-refractivity contribution in [1.82, 2.24) is 4.23 Å². The van der Waals surface area contributed by atoms with E-state index in [1.54, 1.807) is 0 Å². The molecule has 2 nitrogen and oxygen atoms in total. The zero-order chi connectivity index (χ0) is 16.6. The molecule has 0 radical (unpaired) electrons. The molecule has 1 aromatic rings. The third-order valence-electron chi connectivity index (χ3n) is 2.79. The first-order valence-corrected chi connectivity index (χ1v) is 19.3. The lowest BCUT2D eigenvalue weighted by Gasteiger charge is -2.46. The Balaban J connectivity index is 3.52. The highest BCUT2D eigenvalue weighted by Crippen LogP contribution is 2.30. The van der Waals surface area contributed by atoms with Gasteiger partial charge in [0, 0.05) is 0 Å². The fraction of sp³-hybridized carbons (Fsp3) is 0.643. The molecular formula is C14H29BrN2SSi3. The van der Waals surface area contributed by atoms with Crippen LogP contribution in [0.15, 0.2) is 20.6 Å². The van der Waals surface area contributed by atoms with E-state index >= 15 is 0 Å². The zero-order valence-corrected chi connectivity index (χ0v) is 20.2. The van der Waals surface area contributed by atoms with Gasteiger partial charge in [-0.2, -0.15) is 0 Å². The highest BCUT2D eigenvalue weighted by atomic mass is 79.9. The van der Waals surface area contributed by atoms with E-state index in [-0.39, 0.29) is 0 Å². The van der Waals surface area contributed by atoms with Gasteiger partial charge in [-0.3, -0.25) is 0 Å². The summed E-state index contributed by atoms with van der Waals surface area (Å²) in [6.07, 6.45) is 0. The molecule has 0 amide bonds. The number of amidine groups is 1. The van der Waals surface area contributed by atoms with E-state index in [2.05, 4.69) is 91.2 Å². The first kappa shape index (κ1) is 19.3. The molecule has 0 atom stereocenters. The maximum atomic E-state index is 5.27. The van der Waals surface area contributed by atoms with Crippen LogP contribution < -0.4 is 0 Å². The zero-order valence-electron chi connectivity index (χ0n) is 14.8. The normalized spacial score (nSPS) is 14.5. The third kappa shape index (κ3) is 5.78. The summed E-state index contributed by atoms with van der Waals surface area (Å²) in [5.41, 5.74) is 0. The van der Waals surface area contributed by atoms with E-state index < -0.39 is 24.7 Å². The Morgan fingerprint density at radius 3 is 1.71 bits per heavy atom. The van der Waals surface area contributed by atoms with Gasteiger partial charge in [-0.05, 0) is 47.7 Å². The summed E-state index contributed by atoms with van der Waals surface area (Å²) in [6.45, 7) is 21.6. The molecule has 0 saturated heterocycles. The van der Waals surface area contributed by atoms with Gasteiger partial charge in [-0.1, -0.05) is 39.3 Å². The van der Waals surface area contributed by atoms with Gasteiger partial charge in [0.2, 0.25) is 0 Å². The molecule has 0 unspecified atom stereocenters. The molecule has 7 heteroatoms. The summed E-state index contributed by atoms with van der Waals surface area (Å²) in [7, 11) is -4.49. The molecule has 0 bridgehead atoms. The third-order valence-corrected chi connectivity index (χ3v) is 12.4. The quantitative estimate of drug-likeness (QED) is 0.328. The van der Waals surface area contributed by atoms with Gasteiger partial charge in [0.25, 0.3) is 0 Å². The van der Waals surface area contributed by atoms with Crippen molar-refractivity contribution in [1.29, 1.82) is 0 Å². The molecule has 1 heterocycles. The van der Waals surface area contributed by atoms with Crippen LogP contribution in [-0.4, -0.2) is 34.8 Å². The van der Waals surface area contributed by atoms with Crippen LogP contribution in [0.5, 0.6) is 0 Å². The maximum Gasteiger partial charge on any atom is 0.175 e. The number of rotatable bonds is 4. The molecule has 0 fully saturated rings. The maximum absolute atomic E-state index is 5.27. The fourth-order valence-corrected chi connectivity index (χ4v) is 14.9. The van der Waals surface area contributed by atoms with Crippen molar-refractivity contribution in [3.05, 3.63) is 20.8 Å². The Labute approximate surface area is 146 Å². The van der Waals surface area contributed by atoms with Crippen molar-refractivity contribution in [2.45, 2.75) is 58.9 Å². The molecule has 0 aliphatic carbocycles. The highest BCUT2D eigenvalue weighted by molar-refractivity contribution is 9.11. The second-order valence-corrected chi connectivity index (χ2v) is 25.4. The average molecular weight is 422 g/mol. The van der Waals surface area contributed by atoms with Crippen LogP contribution in [0.3, 0.4) is 0 Å². The van der Waals surface area contributed by atoms with E-state index in [1.165, 1.54) is 14.5 Å². The molecule has 0 N–H and O–H groups in total. The lowest BCUT2D eigenvalue weighted by atomic mass is 10.4. The van der Waals surface area contributed by atoms with Crippen LogP contribution in [0.2, 0.25) is 58.9 Å². The van der Waals surface area contributed by atoms with Crippen molar-refractivity contribution in [3.8, 4) is 0 Å². The molecule has 0 spiro atoms. The van der Waals surface area contributed by atoms with Crippen LogP contribution in [0.1, 0.15) is 4.88 Å². The molecule has 0 aliphatic rings. The van der Waals surface area contributed by atoms with E-state index in [1.807, 2.05) is 11.3 Å². The number of hydrogen-bond acceptors (Lipinski definition) is 2. The Bertz CT molecular complexity index is 508. The number of halogens is 1. The van der Waals surface area contributed by atoms with Crippen molar-refractivity contribution in [2.75, 3.05) is 0 Å². The topological polar surface area (TPSA) is 15.6 Å². The average Bonchev–Trinajstić information content (AvgIpc) is 2.56. The summed E-state index contributed by atoms with van der Waals surface area (Å²) in [4.78, 5) is 1.31. The van der Waals surface area contributed by atoms with Gasteiger partial charge >= 0.3 is 0 Å². The predicted octanol–water partition coefficient (Wildman–Crippen LogP) is 6.06. The Kier molecular flexibility index (Phi) is 5.92. The molecule has 120 valence electrons. The first-order valence-electron chi connectivity index (χ1n) is 7.38. The van der Waals surface area contributed by atoms with E-state index in [9.17, 15) is 0 Å². The van der Waals surface area contributed by atoms with Crippen LogP contribution in [0.25, 0.3) is 0 Å². The summed E-state index contributed by atoms with van der Waals surface area (Å²) < 4.78 is 9.20. The number of nitrogens with zero attached hydrogens (tertiary/aromatic N) is 2. The Morgan fingerprint density at radius 1 is 0.952 bits per heavy atom. The van der Waals surface area contributed by atoms with Crippen molar-refractivity contribution < 1.29 is 0 Å². The molecule has 0 saturated carbocycles. The summed E-state index contributed by atoms with van der Waals surface area (Å²) in [5, 5.41) is 0. The highest BCUT2D eigenvalue weighted by Gasteiger charge is 2.38. The van der Waals surface area contributed by atoms with Crippen LogP contribution >= 0.6 is 27.3 Å². The van der Waals surface area contributed by atoms with Crippen molar-refractivity contribution in [2.24, 2.45) is 4.66 Å². The van der Waals surface area contributed by atoms with Gasteiger partial charge < -0.3 is 8.89 Å². The van der Waals surface area contributed by atoms with Crippen LogP contribution in [-0.2, 0) is 0 Å². The lowest BCUT2D eigenvalue weighted by molar-refractivity contribution is 0.903. The minimum absolute atomic E-state index is 1.19. The van der Waals surface area contributed by atoms with Gasteiger partial charge in [0.05, 0.1) is 8.66 Å².